The second kappa shape index (κ2) is 7.69. The summed E-state index contributed by atoms with van der Waals surface area (Å²) in [6.45, 7) is 6.02. The molecule has 3 aliphatic rings. The molecule has 0 bridgehead atoms. The van der Waals surface area contributed by atoms with Crippen LogP contribution < -0.4 is 11.5 Å². The fourth-order valence-corrected chi connectivity index (χ4v) is 5.38. The highest BCUT2D eigenvalue weighted by atomic mass is 16.3. The van der Waals surface area contributed by atoms with Gasteiger partial charge in [0.05, 0.1) is 24.2 Å². The summed E-state index contributed by atoms with van der Waals surface area (Å²) in [5.74, 6) is -3.51. The summed E-state index contributed by atoms with van der Waals surface area (Å²) in [6.07, 6.45) is -2.37. The molecular formula is C20H31N5O7. The summed E-state index contributed by atoms with van der Waals surface area (Å²) in [4.78, 5) is 66.7. The third kappa shape index (κ3) is 3.24. The van der Waals surface area contributed by atoms with Gasteiger partial charge in [-0.1, -0.05) is 13.8 Å². The topological polar surface area (TPSA) is 188 Å². The van der Waals surface area contributed by atoms with E-state index in [0.717, 1.165) is 4.90 Å². The summed E-state index contributed by atoms with van der Waals surface area (Å²) in [5, 5.41) is 19.8. The van der Waals surface area contributed by atoms with Crippen molar-refractivity contribution in [2.45, 2.75) is 63.9 Å². The first kappa shape index (κ1) is 23.9. The van der Waals surface area contributed by atoms with Crippen LogP contribution in [0.25, 0.3) is 0 Å². The molecule has 3 heterocycles. The Labute approximate surface area is 185 Å². The summed E-state index contributed by atoms with van der Waals surface area (Å²) >= 11 is 0. The molecule has 0 aromatic carbocycles. The lowest BCUT2D eigenvalue weighted by Crippen LogP contribution is -2.77. The Kier molecular flexibility index (Phi) is 5.75. The van der Waals surface area contributed by atoms with Crippen molar-refractivity contribution in [3.05, 3.63) is 0 Å². The van der Waals surface area contributed by atoms with Gasteiger partial charge in [0.25, 0.3) is 5.91 Å². The molecule has 3 fully saturated rings. The largest absolute Gasteiger partial charge is 0.391 e. The van der Waals surface area contributed by atoms with E-state index >= 15 is 0 Å². The molecule has 6 N–H and O–H groups in total. The van der Waals surface area contributed by atoms with Gasteiger partial charge < -0.3 is 36.4 Å². The molecule has 0 saturated carbocycles. The minimum absolute atomic E-state index is 0.0136. The van der Waals surface area contributed by atoms with E-state index in [4.69, 9.17) is 11.5 Å². The summed E-state index contributed by atoms with van der Waals surface area (Å²) in [7, 11) is 0. The molecule has 0 radical (unpaired) electrons. The van der Waals surface area contributed by atoms with Gasteiger partial charge in [-0.3, -0.25) is 24.0 Å². The van der Waals surface area contributed by atoms with E-state index in [1.54, 1.807) is 13.8 Å². The number of aliphatic hydroxyl groups excluding tert-OH is 2. The summed E-state index contributed by atoms with van der Waals surface area (Å²) < 4.78 is 0. The number of nitrogens with two attached hydrogens (primary N) is 2. The van der Waals surface area contributed by atoms with Gasteiger partial charge in [-0.2, -0.15) is 0 Å². The Hall–Kier alpha value is -2.73. The Morgan fingerprint density at radius 1 is 0.844 bits per heavy atom. The van der Waals surface area contributed by atoms with E-state index in [9.17, 15) is 34.2 Å². The molecule has 0 aromatic rings. The number of nitrogens with zero attached hydrogens (tertiary/aromatic N) is 3. The smallest absolute Gasteiger partial charge is 0.251 e. The molecule has 3 aliphatic heterocycles. The third-order valence-corrected chi connectivity index (χ3v) is 6.82. The average Bonchev–Trinajstić information content (AvgIpc) is 3.05. The molecule has 6 atom stereocenters. The highest BCUT2D eigenvalue weighted by molar-refractivity contribution is 6.03. The van der Waals surface area contributed by atoms with Gasteiger partial charge in [0, 0.05) is 19.0 Å². The van der Waals surface area contributed by atoms with Gasteiger partial charge in [-0.25, -0.2) is 0 Å². The van der Waals surface area contributed by atoms with Crippen LogP contribution in [-0.2, 0) is 24.0 Å². The van der Waals surface area contributed by atoms with Gasteiger partial charge >= 0.3 is 0 Å². The molecule has 5 amide bonds. The Morgan fingerprint density at radius 2 is 1.31 bits per heavy atom. The Morgan fingerprint density at radius 3 is 1.66 bits per heavy atom. The van der Waals surface area contributed by atoms with E-state index in [2.05, 4.69) is 0 Å². The SMILES string of the molecule is CC(C)C(=O)N1CC2(CN([C@H](C(N)=O)[C@@H](C)O)C2=O)C[C@]12CN([C@H](C(N)=O)[C@@H](C)O)C2=O. The molecule has 0 aliphatic carbocycles. The van der Waals surface area contributed by atoms with Crippen LogP contribution in [0.1, 0.15) is 34.1 Å². The molecule has 12 heteroatoms. The van der Waals surface area contributed by atoms with Crippen LogP contribution in [-0.4, -0.2) is 104 Å². The lowest BCUT2D eigenvalue weighted by molar-refractivity contribution is -0.178. The van der Waals surface area contributed by atoms with Gasteiger partial charge in [-0.15, -0.1) is 0 Å². The van der Waals surface area contributed by atoms with Crippen LogP contribution in [0.3, 0.4) is 0 Å². The van der Waals surface area contributed by atoms with Gasteiger partial charge in [0.15, 0.2) is 0 Å². The number of carbonyl (C=O) groups is 5. The maximum atomic E-state index is 13.3. The van der Waals surface area contributed by atoms with Gasteiger partial charge in [-0.05, 0) is 20.3 Å². The van der Waals surface area contributed by atoms with Crippen molar-refractivity contribution < 1.29 is 34.2 Å². The normalized spacial score (nSPS) is 30.9. The van der Waals surface area contributed by atoms with Crippen molar-refractivity contribution in [1.82, 2.24) is 14.7 Å². The molecule has 12 nitrogen and oxygen atoms in total. The number of likely N-dealkylation sites (tertiary alicyclic amines) is 3. The molecule has 2 spiro atoms. The second-order valence-electron chi connectivity index (χ2n) is 9.61. The van der Waals surface area contributed by atoms with Gasteiger partial charge in [0.2, 0.25) is 23.6 Å². The second-order valence-corrected chi connectivity index (χ2v) is 9.61. The number of β-lactam (4-membered cyclic amide) rings is 2. The highest BCUT2D eigenvalue weighted by Gasteiger charge is 2.73. The molecule has 178 valence electrons. The Bertz CT molecular complexity index is 874. The van der Waals surface area contributed by atoms with E-state index in [0.29, 0.717) is 0 Å². The predicted octanol–water partition coefficient (Wildman–Crippen LogP) is -3.25. The zero-order valence-corrected chi connectivity index (χ0v) is 18.6. The average molecular weight is 453 g/mol. The monoisotopic (exact) mass is 453 g/mol. The fourth-order valence-electron chi connectivity index (χ4n) is 5.38. The first-order chi connectivity index (χ1) is 14.7. The number of amides is 5. The van der Waals surface area contributed by atoms with Crippen molar-refractivity contribution in [1.29, 1.82) is 0 Å². The first-order valence-corrected chi connectivity index (χ1v) is 10.6. The van der Waals surface area contributed by atoms with Crippen LogP contribution in [0.2, 0.25) is 0 Å². The standard InChI is InChI=1S/C20H31N5O7/c1-9(2)16(30)25-7-19(6-23(17(19)31)12(10(3)26)14(21)28)5-20(25)8-24(18(20)32)13(11(4)27)15(22)29/h9-13,26-27H,5-8H2,1-4H3,(H2,21,28)(H2,22,29)/t10-,11-,12+,13+,19?,20-/m1/s1. The molecular weight excluding hydrogens is 422 g/mol. The van der Waals surface area contributed by atoms with Crippen molar-refractivity contribution in [2.75, 3.05) is 19.6 Å². The van der Waals surface area contributed by atoms with E-state index in [1.807, 2.05) is 0 Å². The van der Waals surface area contributed by atoms with Crippen LogP contribution in [0.4, 0.5) is 0 Å². The van der Waals surface area contributed by atoms with Crippen LogP contribution in [0, 0.1) is 11.3 Å². The number of primary amides is 2. The van der Waals surface area contributed by atoms with E-state index in [-0.39, 0.29) is 32.0 Å². The van der Waals surface area contributed by atoms with Crippen molar-refractivity contribution in [2.24, 2.45) is 22.8 Å². The molecule has 0 aromatic heterocycles. The van der Waals surface area contributed by atoms with Crippen molar-refractivity contribution >= 4 is 29.5 Å². The maximum absolute atomic E-state index is 13.3. The minimum Gasteiger partial charge on any atom is -0.391 e. The lowest BCUT2D eigenvalue weighted by atomic mass is 9.70. The molecule has 3 saturated heterocycles. The Balaban J connectivity index is 1.91. The van der Waals surface area contributed by atoms with Gasteiger partial charge in [0.1, 0.15) is 17.6 Å². The zero-order chi connectivity index (χ0) is 24.3. The lowest BCUT2D eigenvalue weighted by Gasteiger charge is -2.54. The molecule has 32 heavy (non-hydrogen) atoms. The van der Waals surface area contributed by atoms with Crippen LogP contribution in [0.5, 0.6) is 0 Å². The maximum Gasteiger partial charge on any atom is 0.251 e. The summed E-state index contributed by atoms with van der Waals surface area (Å²) in [6, 6.07) is -2.45. The minimum atomic E-state index is -1.33. The quantitative estimate of drug-likeness (QED) is 0.291. The highest BCUT2D eigenvalue weighted by Crippen LogP contribution is 2.53. The van der Waals surface area contributed by atoms with Crippen LogP contribution >= 0.6 is 0 Å². The van der Waals surface area contributed by atoms with E-state index in [1.165, 1.54) is 23.6 Å². The number of aliphatic hydroxyl groups is 2. The number of hydrogen-bond acceptors (Lipinski definition) is 7. The van der Waals surface area contributed by atoms with Crippen LogP contribution in [0.15, 0.2) is 0 Å². The van der Waals surface area contributed by atoms with Crippen molar-refractivity contribution in [3.63, 3.8) is 0 Å². The molecule has 1 unspecified atom stereocenters. The number of carbonyl (C=O) groups excluding carboxylic acids is 5. The number of hydrogen-bond donors (Lipinski definition) is 4. The third-order valence-electron chi connectivity index (χ3n) is 6.82. The predicted molar refractivity (Wildman–Crippen MR) is 109 cm³/mol. The number of rotatable bonds is 7. The first-order valence-electron chi connectivity index (χ1n) is 10.6. The summed E-state index contributed by atoms with van der Waals surface area (Å²) in [5.41, 5.74) is 8.28. The fraction of sp³-hybridized carbons (Fsp3) is 0.750. The van der Waals surface area contributed by atoms with E-state index < -0.39 is 64.8 Å². The van der Waals surface area contributed by atoms with Crippen molar-refractivity contribution in [3.8, 4) is 0 Å². The molecule has 3 rings (SSSR count). The zero-order valence-electron chi connectivity index (χ0n) is 18.6.